The van der Waals surface area contributed by atoms with Crippen LogP contribution in [0.1, 0.15) is 27.7 Å². The molecule has 78 valence electrons. The summed E-state index contributed by atoms with van der Waals surface area (Å²) in [7, 11) is 0. The van der Waals surface area contributed by atoms with Gasteiger partial charge in [0, 0.05) is 12.1 Å². The van der Waals surface area contributed by atoms with E-state index < -0.39 is 0 Å². The Balaban J connectivity index is 2.70. The van der Waals surface area contributed by atoms with E-state index in [1.54, 1.807) is 12.3 Å². The van der Waals surface area contributed by atoms with Crippen LogP contribution >= 0.6 is 11.6 Å². The summed E-state index contributed by atoms with van der Waals surface area (Å²) in [6.07, 6.45) is 1.67. The molecule has 0 radical (unpaired) electrons. The summed E-state index contributed by atoms with van der Waals surface area (Å²) in [4.78, 5) is 0. The summed E-state index contributed by atoms with van der Waals surface area (Å²) in [5, 5.41) is 11.2. The minimum atomic E-state index is 0.204. The molecule has 1 aromatic heterocycles. The molecule has 0 fully saturated rings. The first-order chi connectivity index (χ1) is 6.39. The molecular weight excluding hydrogens is 198 g/mol. The highest BCUT2D eigenvalue weighted by Crippen LogP contribution is 2.22. The minimum Gasteiger partial charge on any atom is -0.381 e. The van der Waals surface area contributed by atoms with Crippen LogP contribution in [0.15, 0.2) is 12.3 Å². The second kappa shape index (κ2) is 4.13. The largest absolute Gasteiger partial charge is 0.381 e. The van der Waals surface area contributed by atoms with Crippen LogP contribution in [0.5, 0.6) is 0 Å². The van der Waals surface area contributed by atoms with Crippen LogP contribution < -0.4 is 5.32 Å². The van der Waals surface area contributed by atoms with Crippen LogP contribution in [0.2, 0.25) is 5.15 Å². The summed E-state index contributed by atoms with van der Waals surface area (Å²) in [5.41, 5.74) is 1.11. The fourth-order valence-corrected chi connectivity index (χ4v) is 1.05. The number of nitrogens with zero attached hydrogens (tertiary/aromatic N) is 2. The van der Waals surface area contributed by atoms with Gasteiger partial charge in [0.1, 0.15) is 0 Å². The Kier molecular flexibility index (Phi) is 3.32. The molecule has 1 rings (SSSR count). The molecule has 4 heteroatoms. The maximum Gasteiger partial charge on any atom is 0.153 e. The molecule has 1 heterocycles. The summed E-state index contributed by atoms with van der Waals surface area (Å²) in [6, 6.07) is 2.12. The van der Waals surface area contributed by atoms with Crippen LogP contribution in [-0.4, -0.2) is 16.2 Å². The Morgan fingerprint density at radius 3 is 2.57 bits per heavy atom. The molecule has 1 atom stereocenters. The van der Waals surface area contributed by atoms with Crippen molar-refractivity contribution in [3.63, 3.8) is 0 Å². The Morgan fingerprint density at radius 2 is 2.07 bits per heavy atom. The van der Waals surface area contributed by atoms with Crippen molar-refractivity contribution in [2.24, 2.45) is 5.41 Å². The van der Waals surface area contributed by atoms with Crippen LogP contribution in [0.25, 0.3) is 0 Å². The lowest BCUT2D eigenvalue weighted by Crippen LogP contribution is -2.30. The van der Waals surface area contributed by atoms with Crippen molar-refractivity contribution in [1.82, 2.24) is 10.2 Å². The zero-order chi connectivity index (χ0) is 10.8. The maximum atomic E-state index is 5.73. The molecule has 1 aromatic rings. The highest BCUT2D eigenvalue weighted by molar-refractivity contribution is 6.29. The van der Waals surface area contributed by atoms with Crippen molar-refractivity contribution < 1.29 is 0 Å². The average molecular weight is 214 g/mol. The van der Waals surface area contributed by atoms with Gasteiger partial charge in [-0.1, -0.05) is 32.4 Å². The SMILES string of the molecule is CC(Nc1cnnc(Cl)c1)C(C)(C)C. The van der Waals surface area contributed by atoms with Gasteiger partial charge in [-0.15, -0.1) is 5.10 Å². The lowest BCUT2D eigenvalue weighted by atomic mass is 9.88. The number of nitrogens with one attached hydrogen (secondary N) is 1. The Hall–Kier alpha value is -0.830. The second-order valence-electron chi connectivity index (χ2n) is 4.50. The molecular formula is C10H16ClN3. The average Bonchev–Trinajstić information content (AvgIpc) is 2.02. The lowest BCUT2D eigenvalue weighted by Gasteiger charge is -2.28. The van der Waals surface area contributed by atoms with Crippen LogP contribution in [0.4, 0.5) is 5.69 Å². The van der Waals surface area contributed by atoms with Gasteiger partial charge in [0.15, 0.2) is 5.15 Å². The molecule has 1 N–H and O–H groups in total. The van der Waals surface area contributed by atoms with Crippen molar-refractivity contribution in [2.75, 3.05) is 5.32 Å². The van der Waals surface area contributed by atoms with Gasteiger partial charge in [0.25, 0.3) is 0 Å². The molecule has 0 spiro atoms. The number of aromatic nitrogens is 2. The molecule has 0 aliphatic heterocycles. The fourth-order valence-electron chi connectivity index (χ4n) is 0.886. The summed E-state index contributed by atoms with van der Waals surface area (Å²) in [6.45, 7) is 8.68. The van der Waals surface area contributed by atoms with Crippen molar-refractivity contribution >= 4 is 17.3 Å². The first-order valence-electron chi connectivity index (χ1n) is 4.64. The van der Waals surface area contributed by atoms with E-state index in [4.69, 9.17) is 11.6 Å². The summed E-state index contributed by atoms with van der Waals surface area (Å²) >= 11 is 5.73. The van der Waals surface area contributed by atoms with Gasteiger partial charge in [-0.05, 0) is 12.3 Å². The van der Waals surface area contributed by atoms with Crippen molar-refractivity contribution in [3.05, 3.63) is 17.4 Å². The van der Waals surface area contributed by atoms with E-state index in [0.29, 0.717) is 11.2 Å². The number of hydrogen-bond acceptors (Lipinski definition) is 3. The van der Waals surface area contributed by atoms with Gasteiger partial charge < -0.3 is 5.32 Å². The highest BCUT2D eigenvalue weighted by Gasteiger charge is 2.19. The van der Waals surface area contributed by atoms with E-state index in [9.17, 15) is 0 Å². The van der Waals surface area contributed by atoms with Gasteiger partial charge in [0.05, 0.1) is 11.9 Å². The standard InChI is InChI=1S/C10H16ClN3/c1-7(10(2,3)4)13-8-5-9(11)14-12-6-8/h5-7H,1-4H3,(H,13,14). The normalized spacial score (nSPS) is 13.8. The Labute approximate surface area is 89.9 Å². The topological polar surface area (TPSA) is 37.8 Å². The third kappa shape index (κ3) is 3.14. The number of hydrogen-bond donors (Lipinski definition) is 1. The summed E-state index contributed by atoms with van der Waals surface area (Å²) in [5.74, 6) is 0. The Bertz CT molecular complexity index is 306. The third-order valence-corrected chi connectivity index (χ3v) is 2.49. The monoisotopic (exact) mass is 213 g/mol. The van der Waals surface area contributed by atoms with E-state index in [-0.39, 0.29) is 5.41 Å². The highest BCUT2D eigenvalue weighted by atomic mass is 35.5. The predicted octanol–water partition coefficient (Wildman–Crippen LogP) is 2.98. The molecule has 0 aliphatic rings. The van der Waals surface area contributed by atoms with E-state index >= 15 is 0 Å². The molecule has 0 saturated carbocycles. The second-order valence-corrected chi connectivity index (χ2v) is 4.89. The smallest absolute Gasteiger partial charge is 0.153 e. The predicted molar refractivity (Wildman–Crippen MR) is 59.6 cm³/mol. The lowest BCUT2D eigenvalue weighted by molar-refractivity contribution is 0.359. The molecule has 0 aliphatic carbocycles. The van der Waals surface area contributed by atoms with Crippen LogP contribution in [0, 0.1) is 5.41 Å². The van der Waals surface area contributed by atoms with E-state index in [1.807, 2.05) is 0 Å². The number of rotatable bonds is 2. The number of halogens is 1. The molecule has 0 amide bonds. The van der Waals surface area contributed by atoms with Crippen LogP contribution in [-0.2, 0) is 0 Å². The van der Waals surface area contributed by atoms with Crippen molar-refractivity contribution in [3.8, 4) is 0 Å². The fraction of sp³-hybridized carbons (Fsp3) is 0.600. The maximum absolute atomic E-state index is 5.73. The van der Waals surface area contributed by atoms with Crippen molar-refractivity contribution in [2.45, 2.75) is 33.7 Å². The molecule has 0 aromatic carbocycles. The molecule has 0 saturated heterocycles. The number of anilines is 1. The third-order valence-electron chi connectivity index (χ3n) is 2.31. The minimum absolute atomic E-state index is 0.204. The van der Waals surface area contributed by atoms with E-state index in [0.717, 1.165) is 5.69 Å². The molecule has 14 heavy (non-hydrogen) atoms. The van der Waals surface area contributed by atoms with Gasteiger partial charge in [-0.2, -0.15) is 5.10 Å². The van der Waals surface area contributed by atoms with E-state index in [1.165, 1.54) is 0 Å². The van der Waals surface area contributed by atoms with Gasteiger partial charge >= 0.3 is 0 Å². The van der Waals surface area contributed by atoms with Gasteiger partial charge in [-0.25, -0.2) is 0 Å². The van der Waals surface area contributed by atoms with Crippen molar-refractivity contribution in [1.29, 1.82) is 0 Å². The first kappa shape index (κ1) is 11.2. The Morgan fingerprint density at radius 1 is 1.43 bits per heavy atom. The molecule has 1 unspecified atom stereocenters. The quantitative estimate of drug-likeness (QED) is 0.821. The first-order valence-corrected chi connectivity index (χ1v) is 5.02. The van der Waals surface area contributed by atoms with Gasteiger partial charge in [-0.3, -0.25) is 0 Å². The van der Waals surface area contributed by atoms with Crippen LogP contribution in [0.3, 0.4) is 0 Å². The zero-order valence-electron chi connectivity index (χ0n) is 9.00. The zero-order valence-corrected chi connectivity index (χ0v) is 9.76. The molecule has 3 nitrogen and oxygen atoms in total. The van der Waals surface area contributed by atoms with E-state index in [2.05, 4.69) is 43.2 Å². The van der Waals surface area contributed by atoms with Gasteiger partial charge in [0.2, 0.25) is 0 Å². The molecule has 0 bridgehead atoms. The summed E-state index contributed by atoms with van der Waals surface area (Å²) < 4.78 is 0.